The van der Waals surface area contributed by atoms with Gasteiger partial charge in [-0.3, -0.25) is 14.4 Å². The highest BCUT2D eigenvalue weighted by atomic mass is 35.5. The van der Waals surface area contributed by atoms with E-state index in [1.165, 1.54) is 4.90 Å². The minimum absolute atomic E-state index is 0.185. The number of nitrogens with zero attached hydrogens (tertiary/aromatic N) is 2. The number of hydrogen-bond acceptors (Lipinski definition) is 3. The van der Waals surface area contributed by atoms with Crippen molar-refractivity contribution in [3.05, 3.63) is 28.8 Å². The van der Waals surface area contributed by atoms with Crippen molar-refractivity contribution in [1.82, 2.24) is 4.90 Å². The van der Waals surface area contributed by atoms with Gasteiger partial charge in [-0.05, 0) is 44.7 Å². The summed E-state index contributed by atoms with van der Waals surface area (Å²) >= 11 is 11.4. The van der Waals surface area contributed by atoms with Gasteiger partial charge >= 0.3 is 0 Å². The Morgan fingerprint density at radius 1 is 1.12 bits per heavy atom. The maximum atomic E-state index is 13.2. The first-order valence-corrected chi connectivity index (χ1v) is 9.24. The number of carbonyl (C=O) groups excluding carboxylic acids is 3. The Bertz CT molecular complexity index is 683. The highest BCUT2D eigenvalue weighted by molar-refractivity contribution is 6.33. The molecular formula is C18H22Cl2N2O3. The second-order valence-electron chi connectivity index (χ2n) is 6.33. The molecule has 3 amide bonds. The van der Waals surface area contributed by atoms with Gasteiger partial charge in [-0.15, -0.1) is 23.2 Å². The summed E-state index contributed by atoms with van der Waals surface area (Å²) in [5.41, 5.74) is 3.23. The lowest BCUT2D eigenvalue weighted by atomic mass is 10.0. The number of rotatable bonds is 4. The summed E-state index contributed by atoms with van der Waals surface area (Å²) in [5.74, 6) is -1.71. The molecule has 1 aromatic carbocycles. The zero-order valence-electron chi connectivity index (χ0n) is 14.6. The molecule has 1 heterocycles. The second-order valence-corrected chi connectivity index (χ2v) is 6.86. The third kappa shape index (κ3) is 3.98. The number of imide groups is 1. The third-order valence-corrected chi connectivity index (χ3v) is 4.87. The summed E-state index contributed by atoms with van der Waals surface area (Å²) in [4.78, 5) is 40.3. The van der Waals surface area contributed by atoms with Crippen LogP contribution < -0.4 is 4.90 Å². The molecule has 0 bridgehead atoms. The molecule has 136 valence electrons. The Hall–Kier alpha value is -1.59. The van der Waals surface area contributed by atoms with Crippen LogP contribution in [-0.2, 0) is 14.4 Å². The van der Waals surface area contributed by atoms with Crippen molar-refractivity contribution in [2.45, 2.75) is 39.7 Å². The number of halogens is 2. The smallest absolute Gasteiger partial charge is 0.256 e. The summed E-state index contributed by atoms with van der Waals surface area (Å²) in [6.45, 7) is 6.13. The molecule has 0 N–H and O–H groups in total. The molecule has 0 spiro atoms. The van der Waals surface area contributed by atoms with E-state index in [-0.39, 0.29) is 17.7 Å². The predicted molar refractivity (Wildman–Crippen MR) is 99.3 cm³/mol. The molecule has 0 aromatic heterocycles. The lowest BCUT2D eigenvalue weighted by Gasteiger charge is -2.30. The Morgan fingerprint density at radius 2 is 1.72 bits per heavy atom. The molecule has 0 aliphatic carbocycles. The fourth-order valence-electron chi connectivity index (χ4n) is 3.49. The molecule has 0 unspecified atom stereocenters. The first-order chi connectivity index (χ1) is 11.8. The van der Waals surface area contributed by atoms with Gasteiger partial charge in [-0.1, -0.05) is 17.7 Å². The molecule has 25 heavy (non-hydrogen) atoms. The number of aryl methyl sites for hydroxylation is 3. The van der Waals surface area contributed by atoms with E-state index in [1.54, 1.807) is 0 Å². The SMILES string of the molecule is Cc1cc(C)c(N(C(=O)CCl)C(=O)[C@@H]2CCCN2C(=O)CCl)c(C)c1. The van der Waals surface area contributed by atoms with Crippen LogP contribution in [0.4, 0.5) is 5.69 Å². The van der Waals surface area contributed by atoms with Crippen molar-refractivity contribution in [1.29, 1.82) is 0 Å². The zero-order valence-corrected chi connectivity index (χ0v) is 16.2. The van der Waals surface area contributed by atoms with E-state index in [9.17, 15) is 14.4 Å². The van der Waals surface area contributed by atoms with Crippen molar-refractivity contribution in [3.8, 4) is 0 Å². The number of alkyl halides is 2. The number of anilines is 1. The number of likely N-dealkylation sites (tertiary alicyclic amines) is 1. The van der Waals surface area contributed by atoms with E-state index < -0.39 is 17.9 Å². The molecule has 0 radical (unpaired) electrons. The highest BCUT2D eigenvalue weighted by Crippen LogP contribution is 2.30. The van der Waals surface area contributed by atoms with Crippen LogP contribution in [0.1, 0.15) is 29.5 Å². The van der Waals surface area contributed by atoms with E-state index in [4.69, 9.17) is 23.2 Å². The summed E-state index contributed by atoms with van der Waals surface area (Å²) in [6, 6.07) is 3.15. The summed E-state index contributed by atoms with van der Waals surface area (Å²) in [6.07, 6.45) is 1.21. The van der Waals surface area contributed by atoms with Crippen LogP contribution in [-0.4, -0.2) is 47.0 Å². The van der Waals surface area contributed by atoms with Gasteiger partial charge in [0, 0.05) is 6.54 Å². The number of hydrogen-bond donors (Lipinski definition) is 0. The van der Waals surface area contributed by atoms with Gasteiger partial charge in [0.05, 0.1) is 5.69 Å². The topological polar surface area (TPSA) is 57.7 Å². The molecular weight excluding hydrogens is 363 g/mol. The van der Waals surface area contributed by atoms with Crippen LogP contribution in [0.15, 0.2) is 12.1 Å². The second kappa shape index (κ2) is 8.19. The van der Waals surface area contributed by atoms with Gasteiger partial charge in [0.25, 0.3) is 5.91 Å². The quantitative estimate of drug-likeness (QED) is 0.749. The van der Waals surface area contributed by atoms with Crippen LogP contribution >= 0.6 is 23.2 Å². The van der Waals surface area contributed by atoms with Crippen LogP contribution in [0.2, 0.25) is 0 Å². The van der Waals surface area contributed by atoms with E-state index in [0.717, 1.165) is 21.6 Å². The molecule has 1 fully saturated rings. The van der Waals surface area contributed by atoms with Crippen LogP contribution in [0.3, 0.4) is 0 Å². The molecule has 7 heteroatoms. The molecule has 1 aliphatic rings. The maximum Gasteiger partial charge on any atom is 0.256 e. The molecule has 5 nitrogen and oxygen atoms in total. The average molecular weight is 385 g/mol. The van der Waals surface area contributed by atoms with Gasteiger partial charge in [0.15, 0.2) is 0 Å². The number of amides is 3. The Balaban J connectivity index is 2.47. The number of carbonyl (C=O) groups is 3. The molecule has 0 saturated carbocycles. The zero-order chi connectivity index (χ0) is 18.7. The van der Waals surface area contributed by atoms with Gasteiger partial charge in [-0.2, -0.15) is 0 Å². The minimum Gasteiger partial charge on any atom is -0.330 e. The van der Waals surface area contributed by atoms with Crippen molar-refractivity contribution in [2.75, 3.05) is 23.2 Å². The van der Waals surface area contributed by atoms with Gasteiger partial charge in [0.1, 0.15) is 17.8 Å². The lowest BCUT2D eigenvalue weighted by molar-refractivity contribution is -0.137. The van der Waals surface area contributed by atoms with Crippen molar-refractivity contribution < 1.29 is 14.4 Å². The normalized spacial score (nSPS) is 16.8. The monoisotopic (exact) mass is 384 g/mol. The van der Waals surface area contributed by atoms with E-state index >= 15 is 0 Å². The first kappa shape index (κ1) is 19.7. The third-order valence-electron chi connectivity index (χ3n) is 4.42. The average Bonchev–Trinajstić information content (AvgIpc) is 3.05. The van der Waals surface area contributed by atoms with Crippen molar-refractivity contribution >= 4 is 46.6 Å². The fourth-order valence-corrected chi connectivity index (χ4v) is 3.76. The highest BCUT2D eigenvalue weighted by Gasteiger charge is 2.39. The molecule has 1 aliphatic heterocycles. The summed E-state index contributed by atoms with van der Waals surface area (Å²) < 4.78 is 0. The van der Waals surface area contributed by atoms with Crippen molar-refractivity contribution in [2.24, 2.45) is 0 Å². The van der Waals surface area contributed by atoms with Crippen LogP contribution in [0, 0.1) is 20.8 Å². The maximum absolute atomic E-state index is 13.2. The van der Waals surface area contributed by atoms with E-state index in [1.807, 2.05) is 32.9 Å². The van der Waals surface area contributed by atoms with E-state index in [2.05, 4.69) is 0 Å². The first-order valence-electron chi connectivity index (χ1n) is 8.17. The fraction of sp³-hybridized carbons (Fsp3) is 0.500. The number of benzene rings is 1. The summed E-state index contributed by atoms with van der Waals surface area (Å²) in [7, 11) is 0. The summed E-state index contributed by atoms with van der Waals surface area (Å²) in [5, 5.41) is 0. The minimum atomic E-state index is -0.682. The van der Waals surface area contributed by atoms with Crippen LogP contribution in [0.5, 0.6) is 0 Å². The van der Waals surface area contributed by atoms with Gasteiger partial charge in [-0.25, -0.2) is 4.90 Å². The van der Waals surface area contributed by atoms with Crippen molar-refractivity contribution in [3.63, 3.8) is 0 Å². The Kier molecular flexibility index (Phi) is 6.47. The van der Waals surface area contributed by atoms with E-state index in [0.29, 0.717) is 25.1 Å². The molecule has 1 atom stereocenters. The van der Waals surface area contributed by atoms with Crippen LogP contribution in [0.25, 0.3) is 0 Å². The van der Waals surface area contributed by atoms with Gasteiger partial charge in [0.2, 0.25) is 11.8 Å². The Morgan fingerprint density at radius 3 is 2.24 bits per heavy atom. The molecule has 1 saturated heterocycles. The Labute approximate surface area is 157 Å². The predicted octanol–water partition coefficient (Wildman–Crippen LogP) is 2.94. The largest absolute Gasteiger partial charge is 0.330 e. The standard InChI is InChI=1S/C18H22Cl2N2O3/c1-11-7-12(2)17(13(3)8-11)22(16(24)10-20)18(25)14-5-4-6-21(14)15(23)9-19/h7-8,14H,4-6,9-10H2,1-3H3/t14-/m0/s1. The molecule has 2 rings (SSSR count). The van der Waals surface area contributed by atoms with Gasteiger partial charge < -0.3 is 4.90 Å². The molecule has 1 aromatic rings. The lowest BCUT2D eigenvalue weighted by Crippen LogP contribution is -2.51.